The van der Waals surface area contributed by atoms with E-state index in [-0.39, 0.29) is 5.82 Å². The van der Waals surface area contributed by atoms with Gasteiger partial charge in [0.05, 0.1) is 11.6 Å². The average Bonchev–Trinajstić information content (AvgIpc) is 2.41. The van der Waals surface area contributed by atoms with Crippen LogP contribution in [0.5, 0.6) is 0 Å². The number of hydrogen-bond acceptors (Lipinski definition) is 2. The van der Waals surface area contributed by atoms with Crippen LogP contribution in [0.1, 0.15) is 11.3 Å². The fraction of sp³-hybridized carbons (Fsp3) is 0.214. The van der Waals surface area contributed by atoms with E-state index in [2.05, 4.69) is 4.98 Å². The smallest absolute Gasteiger partial charge is 0.128 e. The molecule has 0 radical (unpaired) electrons. The number of halogens is 2. The summed E-state index contributed by atoms with van der Waals surface area (Å²) in [7, 11) is 1.92. The highest BCUT2D eigenvalue weighted by molar-refractivity contribution is 6.16. The molecule has 0 aliphatic carbocycles. The minimum atomic E-state index is -0.184. The Labute approximate surface area is 111 Å². The predicted octanol–water partition coefficient (Wildman–Crippen LogP) is 3.60. The molecule has 0 bridgehead atoms. The quantitative estimate of drug-likeness (QED) is 0.785. The molecular formula is C14H14ClFN2. The Morgan fingerprint density at radius 1 is 1.28 bits per heavy atom. The van der Waals surface area contributed by atoms with Crippen molar-refractivity contribution in [1.29, 1.82) is 0 Å². The highest BCUT2D eigenvalue weighted by Gasteiger charge is 2.06. The Morgan fingerprint density at radius 3 is 2.78 bits per heavy atom. The van der Waals surface area contributed by atoms with Crippen molar-refractivity contribution in [2.45, 2.75) is 12.4 Å². The second-order valence-electron chi connectivity index (χ2n) is 4.09. The largest absolute Gasteiger partial charge is 0.370 e. The molecule has 0 unspecified atom stereocenters. The first-order chi connectivity index (χ1) is 8.70. The van der Waals surface area contributed by atoms with E-state index in [1.807, 2.05) is 30.1 Å². The van der Waals surface area contributed by atoms with Gasteiger partial charge in [-0.05, 0) is 18.2 Å². The van der Waals surface area contributed by atoms with Crippen LogP contribution < -0.4 is 4.90 Å². The first-order valence-electron chi connectivity index (χ1n) is 5.66. The van der Waals surface area contributed by atoms with Crippen molar-refractivity contribution in [3.8, 4) is 0 Å². The summed E-state index contributed by atoms with van der Waals surface area (Å²) in [4.78, 5) is 6.10. The van der Waals surface area contributed by atoms with Crippen LogP contribution in [0.2, 0.25) is 0 Å². The van der Waals surface area contributed by atoms with E-state index in [4.69, 9.17) is 11.6 Å². The molecule has 0 N–H and O–H groups in total. The number of nitrogens with zero attached hydrogens (tertiary/aromatic N) is 2. The van der Waals surface area contributed by atoms with Crippen molar-refractivity contribution in [1.82, 2.24) is 4.98 Å². The van der Waals surface area contributed by atoms with Gasteiger partial charge < -0.3 is 4.90 Å². The molecule has 0 amide bonds. The molecule has 0 aliphatic heterocycles. The van der Waals surface area contributed by atoms with Gasteiger partial charge in [-0.15, -0.1) is 11.6 Å². The van der Waals surface area contributed by atoms with Crippen LogP contribution in [0.4, 0.5) is 10.1 Å². The zero-order valence-electron chi connectivity index (χ0n) is 10.1. The molecule has 0 atom stereocenters. The van der Waals surface area contributed by atoms with Gasteiger partial charge in [0, 0.05) is 31.0 Å². The molecule has 1 aromatic carbocycles. The number of hydrogen-bond donors (Lipinski definition) is 0. The topological polar surface area (TPSA) is 16.1 Å². The number of pyridine rings is 1. The fourth-order valence-corrected chi connectivity index (χ4v) is 1.90. The maximum absolute atomic E-state index is 13.6. The molecule has 0 fully saturated rings. The molecule has 18 heavy (non-hydrogen) atoms. The van der Waals surface area contributed by atoms with E-state index in [1.165, 1.54) is 6.07 Å². The molecule has 0 saturated heterocycles. The first-order valence-corrected chi connectivity index (χ1v) is 6.19. The van der Waals surface area contributed by atoms with Gasteiger partial charge in [-0.25, -0.2) is 4.39 Å². The van der Waals surface area contributed by atoms with E-state index in [9.17, 15) is 4.39 Å². The monoisotopic (exact) mass is 264 g/mol. The van der Waals surface area contributed by atoms with Crippen LogP contribution in [-0.4, -0.2) is 12.0 Å². The molecule has 1 heterocycles. The van der Waals surface area contributed by atoms with Gasteiger partial charge in [0.2, 0.25) is 0 Å². The first kappa shape index (κ1) is 12.8. The highest BCUT2D eigenvalue weighted by atomic mass is 35.5. The lowest BCUT2D eigenvalue weighted by Gasteiger charge is -2.20. The number of aromatic nitrogens is 1. The van der Waals surface area contributed by atoms with E-state index in [0.29, 0.717) is 18.0 Å². The third-order valence-electron chi connectivity index (χ3n) is 2.74. The zero-order chi connectivity index (χ0) is 13.0. The summed E-state index contributed by atoms with van der Waals surface area (Å²) in [5, 5.41) is 0. The Balaban J connectivity index is 2.16. The van der Waals surface area contributed by atoms with Crippen molar-refractivity contribution < 1.29 is 4.39 Å². The van der Waals surface area contributed by atoms with Gasteiger partial charge >= 0.3 is 0 Å². The van der Waals surface area contributed by atoms with Crippen molar-refractivity contribution in [3.63, 3.8) is 0 Å². The minimum Gasteiger partial charge on any atom is -0.370 e. The third-order valence-corrected chi connectivity index (χ3v) is 3.02. The maximum atomic E-state index is 13.6. The normalized spacial score (nSPS) is 10.4. The Hall–Kier alpha value is -1.61. The molecule has 4 heteroatoms. The van der Waals surface area contributed by atoms with Crippen molar-refractivity contribution in [2.75, 3.05) is 11.9 Å². The number of benzene rings is 1. The van der Waals surface area contributed by atoms with Gasteiger partial charge in [-0.1, -0.05) is 18.2 Å². The molecule has 0 aliphatic rings. The molecular weight excluding hydrogens is 251 g/mol. The Kier molecular flexibility index (Phi) is 4.15. The van der Waals surface area contributed by atoms with Crippen molar-refractivity contribution >= 4 is 17.3 Å². The van der Waals surface area contributed by atoms with Crippen LogP contribution in [0.15, 0.2) is 42.6 Å². The van der Waals surface area contributed by atoms with Crippen molar-refractivity contribution in [2.24, 2.45) is 0 Å². The Morgan fingerprint density at radius 2 is 2.06 bits per heavy atom. The maximum Gasteiger partial charge on any atom is 0.128 e. The predicted molar refractivity (Wildman–Crippen MR) is 72.3 cm³/mol. The SMILES string of the molecule is CN(Cc1ccccc1F)c1ccnc(CCl)c1. The number of alkyl halides is 1. The molecule has 0 saturated carbocycles. The summed E-state index contributed by atoms with van der Waals surface area (Å²) in [5.41, 5.74) is 2.46. The lowest BCUT2D eigenvalue weighted by molar-refractivity contribution is 0.608. The average molecular weight is 265 g/mol. The summed E-state index contributed by atoms with van der Waals surface area (Å²) in [6.45, 7) is 0.512. The van der Waals surface area contributed by atoms with E-state index in [1.54, 1.807) is 18.3 Å². The Bertz CT molecular complexity index is 531. The summed E-state index contributed by atoms with van der Waals surface area (Å²) in [5.74, 6) is 0.192. The molecule has 2 aromatic rings. The van der Waals surface area contributed by atoms with E-state index in [0.717, 1.165) is 11.4 Å². The van der Waals surface area contributed by atoms with E-state index >= 15 is 0 Å². The molecule has 94 valence electrons. The molecule has 2 rings (SSSR count). The van der Waals surface area contributed by atoms with Gasteiger partial charge in [-0.3, -0.25) is 4.98 Å². The van der Waals surface area contributed by atoms with Gasteiger partial charge in [0.15, 0.2) is 0 Å². The van der Waals surface area contributed by atoms with Crippen LogP contribution in [-0.2, 0) is 12.4 Å². The van der Waals surface area contributed by atoms with Gasteiger partial charge in [0.1, 0.15) is 5.82 Å². The van der Waals surface area contributed by atoms with Crippen LogP contribution in [0, 0.1) is 5.82 Å². The molecule has 1 aromatic heterocycles. The molecule has 2 nitrogen and oxygen atoms in total. The van der Waals surface area contributed by atoms with Gasteiger partial charge in [0.25, 0.3) is 0 Å². The fourth-order valence-electron chi connectivity index (χ4n) is 1.75. The third kappa shape index (κ3) is 2.99. The molecule has 0 spiro atoms. The summed E-state index contributed by atoms with van der Waals surface area (Å²) >= 11 is 5.75. The lowest BCUT2D eigenvalue weighted by atomic mass is 10.2. The highest BCUT2D eigenvalue weighted by Crippen LogP contribution is 2.17. The van der Waals surface area contributed by atoms with Crippen LogP contribution in [0.3, 0.4) is 0 Å². The minimum absolute atomic E-state index is 0.184. The van der Waals surface area contributed by atoms with E-state index < -0.39 is 0 Å². The lowest BCUT2D eigenvalue weighted by Crippen LogP contribution is -2.17. The van der Waals surface area contributed by atoms with Crippen molar-refractivity contribution in [3.05, 3.63) is 59.7 Å². The number of rotatable bonds is 4. The summed E-state index contributed by atoms with van der Waals surface area (Å²) in [6, 6.07) is 10.6. The van der Waals surface area contributed by atoms with Crippen LogP contribution in [0.25, 0.3) is 0 Å². The second-order valence-corrected chi connectivity index (χ2v) is 4.35. The zero-order valence-corrected chi connectivity index (χ0v) is 10.9. The van der Waals surface area contributed by atoms with Gasteiger partial charge in [-0.2, -0.15) is 0 Å². The standard InChI is InChI=1S/C14H14ClFN2/c1-18(10-11-4-2-3-5-14(11)16)13-6-7-17-12(8-13)9-15/h2-8H,9-10H2,1H3. The summed E-state index contributed by atoms with van der Waals surface area (Å²) in [6.07, 6.45) is 1.71. The number of anilines is 1. The summed E-state index contributed by atoms with van der Waals surface area (Å²) < 4.78 is 13.6. The van der Waals surface area contributed by atoms with Crippen LogP contribution >= 0.6 is 11.6 Å². The second kappa shape index (κ2) is 5.83.